The van der Waals surface area contributed by atoms with Crippen molar-refractivity contribution in [2.75, 3.05) is 5.32 Å². The molecule has 0 aliphatic heterocycles. The highest BCUT2D eigenvalue weighted by atomic mass is 19.4. The summed E-state index contributed by atoms with van der Waals surface area (Å²) >= 11 is 0. The quantitative estimate of drug-likeness (QED) is 0.496. The van der Waals surface area contributed by atoms with Crippen molar-refractivity contribution in [1.29, 1.82) is 0 Å². The van der Waals surface area contributed by atoms with Crippen LogP contribution in [0.2, 0.25) is 0 Å². The van der Waals surface area contributed by atoms with Gasteiger partial charge in [-0.3, -0.25) is 4.79 Å². The molecule has 1 rings (SSSR count). The smallest absolute Gasteiger partial charge is 0.320 e. The van der Waals surface area contributed by atoms with E-state index < -0.39 is 47.4 Å². The molecule has 0 heterocycles. The Balaban J connectivity index is 3.43. The lowest BCUT2D eigenvalue weighted by atomic mass is 9.93. The molecule has 0 fully saturated rings. The normalized spacial score (nSPS) is 14.6. The summed E-state index contributed by atoms with van der Waals surface area (Å²) in [5.74, 6) is -41.7. The molecular weight excluding hydrogens is 457 g/mol. The Bertz CT molecular complexity index is 785. The molecule has 15 heteroatoms. The van der Waals surface area contributed by atoms with Gasteiger partial charge in [0.15, 0.2) is 0 Å². The monoisotopic (exact) mass is 467 g/mol. The maximum Gasteiger partial charge on any atom is 0.460 e. The molecule has 0 aliphatic rings. The molecule has 0 spiro atoms. The summed E-state index contributed by atoms with van der Waals surface area (Å²) in [4.78, 5) is 11.4. The Morgan fingerprint density at radius 1 is 0.733 bits per heavy atom. The van der Waals surface area contributed by atoms with Crippen LogP contribution in [0.5, 0.6) is 0 Å². The van der Waals surface area contributed by atoms with E-state index in [1.807, 2.05) is 0 Å². The number of carbonyl (C=O) groups is 1. The van der Waals surface area contributed by atoms with Gasteiger partial charge in [0.05, 0.1) is 0 Å². The lowest BCUT2D eigenvalue weighted by Crippen LogP contribution is -2.71. The summed E-state index contributed by atoms with van der Waals surface area (Å²) in [5.41, 5.74) is -0.651. The molecule has 30 heavy (non-hydrogen) atoms. The molecule has 0 saturated carbocycles. The van der Waals surface area contributed by atoms with Crippen molar-refractivity contribution in [3.05, 3.63) is 29.8 Å². The van der Waals surface area contributed by atoms with Crippen molar-refractivity contribution in [2.45, 2.75) is 49.1 Å². The van der Waals surface area contributed by atoms with E-state index in [9.17, 15) is 61.9 Å². The molecular formula is C15H10F13NO. The molecule has 0 unspecified atom stereocenters. The van der Waals surface area contributed by atoms with Crippen LogP contribution in [0.4, 0.5) is 62.8 Å². The molecule has 1 amide bonds. The van der Waals surface area contributed by atoms with E-state index in [0.717, 1.165) is 17.4 Å². The largest absolute Gasteiger partial charge is 0.460 e. The van der Waals surface area contributed by atoms with E-state index in [4.69, 9.17) is 0 Å². The van der Waals surface area contributed by atoms with E-state index in [1.54, 1.807) is 0 Å². The second-order valence-electron chi connectivity index (χ2n) is 5.83. The predicted molar refractivity (Wildman–Crippen MR) is 75.2 cm³/mol. The number of alkyl halides is 13. The van der Waals surface area contributed by atoms with Gasteiger partial charge in [-0.15, -0.1) is 0 Å². The second kappa shape index (κ2) is 7.48. The van der Waals surface area contributed by atoms with Crippen molar-refractivity contribution in [3.8, 4) is 0 Å². The number of carbonyl (C=O) groups excluding carboxylic acids is 1. The summed E-state index contributed by atoms with van der Waals surface area (Å²) in [5, 5.41) is 1.04. The lowest BCUT2D eigenvalue weighted by molar-refractivity contribution is -0.435. The van der Waals surface area contributed by atoms with Gasteiger partial charge in [0.2, 0.25) is 0 Å². The summed E-state index contributed by atoms with van der Waals surface area (Å²) < 4.78 is 169. The van der Waals surface area contributed by atoms with E-state index in [1.165, 1.54) is 19.1 Å². The second-order valence-corrected chi connectivity index (χ2v) is 5.83. The fourth-order valence-electron chi connectivity index (χ4n) is 2.06. The van der Waals surface area contributed by atoms with Crippen molar-refractivity contribution in [1.82, 2.24) is 0 Å². The van der Waals surface area contributed by atoms with Gasteiger partial charge in [-0.05, 0) is 18.1 Å². The van der Waals surface area contributed by atoms with Crippen LogP contribution in [0.1, 0.15) is 12.5 Å². The molecule has 0 aromatic heterocycles. The Labute approximate surface area is 159 Å². The Morgan fingerprint density at radius 2 is 1.17 bits per heavy atom. The van der Waals surface area contributed by atoms with Crippen LogP contribution < -0.4 is 5.32 Å². The van der Waals surface area contributed by atoms with Gasteiger partial charge in [0, 0.05) is 5.69 Å². The van der Waals surface area contributed by atoms with Crippen molar-refractivity contribution in [2.24, 2.45) is 0 Å². The highest BCUT2D eigenvalue weighted by Gasteiger charge is 2.91. The zero-order valence-corrected chi connectivity index (χ0v) is 14.3. The minimum absolute atomic E-state index is 0.00865. The first-order valence-electron chi connectivity index (χ1n) is 7.55. The molecule has 0 atom stereocenters. The SMILES string of the molecule is CCc1ccccc1NC(=O)C(F)(F)C(F)(F)C(F)(F)C(F)(F)C(F)(F)C(F)(F)F. The number of anilines is 1. The number of hydrogen-bond donors (Lipinski definition) is 1. The number of aryl methyl sites for hydroxylation is 1. The molecule has 0 aliphatic carbocycles. The van der Waals surface area contributed by atoms with Crippen LogP contribution in [0.25, 0.3) is 0 Å². The molecule has 2 nitrogen and oxygen atoms in total. The molecule has 1 aromatic rings. The van der Waals surface area contributed by atoms with Gasteiger partial charge in [0.1, 0.15) is 0 Å². The van der Waals surface area contributed by atoms with Crippen molar-refractivity contribution in [3.63, 3.8) is 0 Å². The molecule has 0 radical (unpaired) electrons. The van der Waals surface area contributed by atoms with Gasteiger partial charge >= 0.3 is 41.7 Å². The predicted octanol–water partition coefficient (Wildman–Crippen LogP) is 5.93. The molecule has 0 bridgehead atoms. The van der Waals surface area contributed by atoms with Crippen LogP contribution in [0.3, 0.4) is 0 Å². The number of benzene rings is 1. The van der Waals surface area contributed by atoms with Crippen LogP contribution in [0, 0.1) is 0 Å². The first-order valence-corrected chi connectivity index (χ1v) is 7.55. The lowest BCUT2D eigenvalue weighted by Gasteiger charge is -2.39. The van der Waals surface area contributed by atoms with Crippen LogP contribution >= 0.6 is 0 Å². The summed E-state index contributed by atoms with van der Waals surface area (Å²) in [6, 6.07) is 4.35. The zero-order valence-electron chi connectivity index (χ0n) is 14.3. The topological polar surface area (TPSA) is 29.1 Å². The average molecular weight is 467 g/mol. The van der Waals surface area contributed by atoms with Gasteiger partial charge in [-0.2, -0.15) is 57.1 Å². The fraction of sp³-hybridized carbons (Fsp3) is 0.533. The highest BCUT2D eigenvalue weighted by molar-refractivity contribution is 5.97. The highest BCUT2D eigenvalue weighted by Crippen LogP contribution is 2.60. The first-order chi connectivity index (χ1) is 13.2. The summed E-state index contributed by atoms with van der Waals surface area (Å²) in [7, 11) is 0. The van der Waals surface area contributed by atoms with Crippen LogP contribution in [0.15, 0.2) is 24.3 Å². The molecule has 172 valence electrons. The minimum Gasteiger partial charge on any atom is -0.320 e. The third-order valence-electron chi connectivity index (χ3n) is 3.87. The standard InChI is InChI=1S/C15H10F13NO/c1-2-7-5-3-4-6-8(7)29-9(30)10(16,17)11(18,19)12(20,21)13(22,23)14(24,25)15(26,27)28/h3-6H,2H2,1H3,(H,29,30). The number of nitrogens with one attached hydrogen (secondary N) is 1. The number of hydrogen-bond acceptors (Lipinski definition) is 1. The molecule has 1 aromatic carbocycles. The fourth-order valence-corrected chi connectivity index (χ4v) is 2.06. The van der Waals surface area contributed by atoms with Gasteiger partial charge in [0.25, 0.3) is 0 Å². The zero-order chi connectivity index (χ0) is 24.0. The minimum atomic E-state index is -8.05. The third-order valence-corrected chi connectivity index (χ3v) is 3.87. The third kappa shape index (κ3) is 3.66. The molecule has 1 N–H and O–H groups in total. The Kier molecular flexibility index (Phi) is 6.44. The van der Waals surface area contributed by atoms with E-state index in [-0.39, 0.29) is 12.0 Å². The Morgan fingerprint density at radius 3 is 1.60 bits per heavy atom. The van der Waals surface area contributed by atoms with Gasteiger partial charge in [-0.25, -0.2) is 0 Å². The van der Waals surface area contributed by atoms with Gasteiger partial charge < -0.3 is 5.32 Å². The number of para-hydroxylation sites is 1. The first kappa shape index (κ1) is 25.8. The average Bonchev–Trinajstić information content (AvgIpc) is 2.60. The number of amides is 1. The maximum absolute atomic E-state index is 13.7. The van der Waals surface area contributed by atoms with E-state index >= 15 is 0 Å². The van der Waals surface area contributed by atoms with E-state index in [0.29, 0.717) is 0 Å². The molecule has 0 saturated heterocycles. The number of rotatable bonds is 7. The van der Waals surface area contributed by atoms with Crippen molar-refractivity contribution >= 4 is 11.6 Å². The van der Waals surface area contributed by atoms with Crippen molar-refractivity contribution < 1.29 is 61.9 Å². The summed E-state index contributed by atoms with van der Waals surface area (Å²) in [6.07, 6.45) is -7.53. The van der Waals surface area contributed by atoms with Crippen LogP contribution in [-0.4, -0.2) is 41.7 Å². The summed E-state index contributed by atoms with van der Waals surface area (Å²) in [6.45, 7) is 1.38. The maximum atomic E-state index is 13.7. The van der Waals surface area contributed by atoms with E-state index in [2.05, 4.69) is 0 Å². The van der Waals surface area contributed by atoms with Gasteiger partial charge in [-0.1, -0.05) is 25.1 Å². The Hall–Kier alpha value is -2.22. The van der Waals surface area contributed by atoms with Crippen LogP contribution in [-0.2, 0) is 11.2 Å². The number of halogens is 13.